The minimum absolute atomic E-state index is 0.244. The molecule has 8 heteroatoms. The zero-order chi connectivity index (χ0) is 18.0. The molecular formula is C17H18N4O3S. The summed E-state index contributed by atoms with van der Waals surface area (Å²) in [6, 6.07) is 8.99. The quantitative estimate of drug-likeness (QED) is 0.758. The largest absolute Gasteiger partial charge is 0.497 e. The summed E-state index contributed by atoms with van der Waals surface area (Å²) in [6.07, 6.45) is 0. The van der Waals surface area contributed by atoms with Crippen LogP contribution in [0.3, 0.4) is 0 Å². The number of anilines is 1. The van der Waals surface area contributed by atoms with Crippen LogP contribution in [0.2, 0.25) is 0 Å². The number of aromatic nitrogens is 3. The highest BCUT2D eigenvalue weighted by atomic mass is 32.1. The molecule has 0 aliphatic carbocycles. The van der Waals surface area contributed by atoms with Gasteiger partial charge in [-0.1, -0.05) is 0 Å². The van der Waals surface area contributed by atoms with Crippen LogP contribution in [0.15, 0.2) is 30.3 Å². The summed E-state index contributed by atoms with van der Waals surface area (Å²) < 4.78 is 16.4. The van der Waals surface area contributed by atoms with Crippen molar-refractivity contribution in [2.45, 2.75) is 6.92 Å². The molecule has 0 aliphatic heterocycles. The molecule has 7 nitrogen and oxygen atoms in total. The van der Waals surface area contributed by atoms with E-state index in [1.807, 2.05) is 31.2 Å². The topological polar surface area (TPSA) is 78.3 Å². The maximum Gasteiger partial charge on any atom is 0.274 e. The van der Waals surface area contributed by atoms with Crippen molar-refractivity contribution in [3.05, 3.63) is 41.7 Å². The zero-order valence-electron chi connectivity index (χ0n) is 14.4. The van der Waals surface area contributed by atoms with E-state index >= 15 is 0 Å². The van der Waals surface area contributed by atoms with E-state index in [0.717, 1.165) is 11.3 Å². The van der Waals surface area contributed by atoms with Crippen LogP contribution in [-0.2, 0) is 7.05 Å². The van der Waals surface area contributed by atoms with Gasteiger partial charge < -0.3 is 14.8 Å². The van der Waals surface area contributed by atoms with Crippen molar-refractivity contribution in [2.75, 3.05) is 19.5 Å². The molecule has 0 spiro atoms. The first-order valence-electron chi connectivity index (χ1n) is 7.53. The number of hydrogen-bond donors (Lipinski definition) is 1. The Hall–Kier alpha value is -2.87. The number of benzene rings is 1. The maximum atomic E-state index is 12.5. The highest BCUT2D eigenvalue weighted by molar-refractivity contribution is 7.10. The molecule has 0 saturated heterocycles. The van der Waals surface area contributed by atoms with Gasteiger partial charge in [0.15, 0.2) is 0 Å². The van der Waals surface area contributed by atoms with Gasteiger partial charge in [0.25, 0.3) is 5.91 Å². The summed E-state index contributed by atoms with van der Waals surface area (Å²) in [5.41, 5.74) is 2.69. The summed E-state index contributed by atoms with van der Waals surface area (Å²) in [6.45, 7) is 1.88. The van der Waals surface area contributed by atoms with Crippen LogP contribution in [0, 0.1) is 6.92 Å². The predicted molar refractivity (Wildman–Crippen MR) is 96.6 cm³/mol. The fourth-order valence-electron chi connectivity index (χ4n) is 2.42. The molecule has 0 unspecified atom stereocenters. The van der Waals surface area contributed by atoms with E-state index in [1.54, 1.807) is 27.3 Å². The second-order valence-electron chi connectivity index (χ2n) is 5.39. The van der Waals surface area contributed by atoms with Gasteiger partial charge in [-0.15, -0.1) is 0 Å². The first-order chi connectivity index (χ1) is 12.0. The first kappa shape index (κ1) is 17.0. The molecule has 0 radical (unpaired) electrons. The molecule has 0 atom stereocenters. The Morgan fingerprint density at radius 1 is 1.20 bits per heavy atom. The molecule has 0 aliphatic rings. The number of hydrogen-bond acceptors (Lipinski definition) is 6. The van der Waals surface area contributed by atoms with Crippen molar-refractivity contribution in [2.24, 2.45) is 7.05 Å². The second-order valence-corrected chi connectivity index (χ2v) is 6.20. The van der Waals surface area contributed by atoms with Crippen molar-refractivity contribution in [1.82, 2.24) is 14.2 Å². The predicted octanol–water partition coefficient (Wildman–Crippen LogP) is 3.12. The summed E-state index contributed by atoms with van der Waals surface area (Å²) in [7, 11) is 4.91. The molecule has 3 rings (SSSR count). The lowest BCUT2D eigenvalue weighted by molar-refractivity contribution is 0.101. The van der Waals surface area contributed by atoms with E-state index < -0.39 is 0 Å². The van der Waals surface area contributed by atoms with Gasteiger partial charge in [0.2, 0.25) is 0 Å². The average Bonchev–Trinajstić information content (AvgIpc) is 3.19. The summed E-state index contributed by atoms with van der Waals surface area (Å²) in [5, 5.41) is 7.98. The number of carbonyl (C=O) groups is 1. The third-order valence-corrected chi connectivity index (χ3v) is 4.46. The third-order valence-electron chi connectivity index (χ3n) is 3.66. The van der Waals surface area contributed by atoms with Crippen LogP contribution in [0.25, 0.3) is 11.3 Å². The van der Waals surface area contributed by atoms with E-state index in [0.29, 0.717) is 27.9 Å². The number of amides is 1. The molecule has 25 heavy (non-hydrogen) atoms. The lowest BCUT2D eigenvalue weighted by atomic mass is 10.1. The van der Waals surface area contributed by atoms with Gasteiger partial charge in [-0.3, -0.25) is 9.48 Å². The van der Waals surface area contributed by atoms with Crippen LogP contribution in [0.5, 0.6) is 11.5 Å². The molecule has 0 bridgehead atoms. The van der Waals surface area contributed by atoms with Crippen molar-refractivity contribution >= 4 is 22.4 Å². The molecular weight excluding hydrogens is 340 g/mol. The van der Waals surface area contributed by atoms with E-state index in [1.165, 1.54) is 16.2 Å². The zero-order valence-corrected chi connectivity index (χ0v) is 15.2. The standard InChI is InChI=1S/C17H18N4O3S/c1-10-7-16(25-20-10)18-17(22)14-9-13(19-21(14)2)12-8-11(23-3)5-6-15(12)24-4/h5-9H,1-4H3,(H,18,22). The van der Waals surface area contributed by atoms with E-state index in [9.17, 15) is 4.79 Å². The molecule has 1 N–H and O–H groups in total. The second kappa shape index (κ2) is 6.94. The number of nitrogens with one attached hydrogen (secondary N) is 1. The van der Waals surface area contributed by atoms with E-state index in [2.05, 4.69) is 14.8 Å². The first-order valence-corrected chi connectivity index (χ1v) is 8.30. The van der Waals surface area contributed by atoms with Gasteiger partial charge in [0.1, 0.15) is 22.2 Å². The van der Waals surface area contributed by atoms with Gasteiger partial charge in [-0.25, -0.2) is 0 Å². The Kier molecular flexibility index (Phi) is 4.71. The Bertz CT molecular complexity index is 917. The number of carbonyl (C=O) groups excluding carboxylic acids is 1. The van der Waals surface area contributed by atoms with Gasteiger partial charge in [-0.05, 0) is 48.8 Å². The van der Waals surface area contributed by atoms with Crippen molar-refractivity contribution in [3.8, 4) is 22.8 Å². The summed E-state index contributed by atoms with van der Waals surface area (Å²) in [5.74, 6) is 1.10. The van der Waals surface area contributed by atoms with Crippen LogP contribution in [-0.4, -0.2) is 34.3 Å². The fraction of sp³-hybridized carbons (Fsp3) is 0.235. The van der Waals surface area contributed by atoms with Gasteiger partial charge in [0.05, 0.1) is 25.6 Å². The van der Waals surface area contributed by atoms with Crippen molar-refractivity contribution in [3.63, 3.8) is 0 Å². The summed E-state index contributed by atoms with van der Waals surface area (Å²) >= 11 is 1.24. The number of rotatable bonds is 5. The fourth-order valence-corrected chi connectivity index (χ4v) is 3.08. The highest BCUT2D eigenvalue weighted by Crippen LogP contribution is 2.33. The van der Waals surface area contributed by atoms with Crippen LogP contribution in [0.4, 0.5) is 5.00 Å². The molecule has 1 amide bonds. The SMILES string of the molecule is COc1ccc(OC)c(-c2cc(C(=O)Nc3cc(C)ns3)n(C)n2)c1. The van der Waals surface area contributed by atoms with Crippen LogP contribution >= 0.6 is 11.5 Å². The van der Waals surface area contributed by atoms with Crippen molar-refractivity contribution < 1.29 is 14.3 Å². The molecule has 2 aromatic heterocycles. The minimum Gasteiger partial charge on any atom is -0.497 e. The molecule has 2 heterocycles. The van der Waals surface area contributed by atoms with Gasteiger partial charge in [-0.2, -0.15) is 9.47 Å². The lowest BCUT2D eigenvalue weighted by Crippen LogP contribution is -2.15. The molecule has 1 aromatic carbocycles. The Balaban J connectivity index is 1.93. The average molecular weight is 358 g/mol. The van der Waals surface area contributed by atoms with E-state index in [-0.39, 0.29) is 5.91 Å². The van der Waals surface area contributed by atoms with Gasteiger partial charge in [0, 0.05) is 12.6 Å². The number of aryl methyl sites for hydroxylation is 2. The van der Waals surface area contributed by atoms with Crippen LogP contribution in [0.1, 0.15) is 16.2 Å². The van der Waals surface area contributed by atoms with E-state index in [4.69, 9.17) is 9.47 Å². The normalized spacial score (nSPS) is 10.6. The summed E-state index contributed by atoms with van der Waals surface area (Å²) in [4.78, 5) is 12.5. The Labute approximate surface area is 149 Å². The Morgan fingerprint density at radius 3 is 2.64 bits per heavy atom. The molecule has 3 aromatic rings. The van der Waals surface area contributed by atoms with Gasteiger partial charge >= 0.3 is 0 Å². The highest BCUT2D eigenvalue weighted by Gasteiger charge is 2.18. The molecule has 0 fully saturated rings. The monoisotopic (exact) mass is 358 g/mol. The number of ether oxygens (including phenoxy) is 2. The maximum absolute atomic E-state index is 12.5. The number of nitrogens with zero attached hydrogens (tertiary/aromatic N) is 3. The molecule has 0 saturated carbocycles. The van der Waals surface area contributed by atoms with Crippen molar-refractivity contribution in [1.29, 1.82) is 0 Å². The number of methoxy groups -OCH3 is 2. The molecule has 130 valence electrons. The smallest absolute Gasteiger partial charge is 0.274 e. The van der Waals surface area contributed by atoms with Crippen LogP contribution < -0.4 is 14.8 Å². The lowest BCUT2D eigenvalue weighted by Gasteiger charge is -2.08. The third kappa shape index (κ3) is 3.48. The Morgan fingerprint density at radius 2 is 2.00 bits per heavy atom. The minimum atomic E-state index is -0.244.